The van der Waals surface area contributed by atoms with Gasteiger partial charge in [-0.1, -0.05) is 25.1 Å². The standard InChI is InChI=1S/C15H19F3N2O.ClH/c1-10(8-14(21)20-7-6-11(19)9-20)12-4-2-3-5-13(12)15(16,17)18;/h2-5,10-11H,6-9,19H2,1H3;1H/t10?,11-;/m1./s1. The summed E-state index contributed by atoms with van der Waals surface area (Å²) in [5.41, 5.74) is 5.25. The molecule has 1 saturated heterocycles. The molecule has 2 N–H and O–H groups in total. The lowest BCUT2D eigenvalue weighted by Crippen LogP contribution is -2.32. The van der Waals surface area contributed by atoms with E-state index in [-0.39, 0.29) is 36.3 Å². The van der Waals surface area contributed by atoms with E-state index >= 15 is 0 Å². The first-order valence-electron chi connectivity index (χ1n) is 6.98. The van der Waals surface area contributed by atoms with Gasteiger partial charge in [-0.2, -0.15) is 13.2 Å². The number of hydrogen-bond acceptors (Lipinski definition) is 2. The monoisotopic (exact) mass is 336 g/mol. The predicted octanol–water partition coefficient (Wildman–Crippen LogP) is 3.18. The summed E-state index contributed by atoms with van der Waals surface area (Å²) in [6, 6.07) is 5.41. The summed E-state index contributed by atoms with van der Waals surface area (Å²) in [6.07, 6.45) is -3.58. The fraction of sp³-hybridized carbons (Fsp3) is 0.533. The van der Waals surface area contributed by atoms with Crippen molar-refractivity contribution in [1.82, 2.24) is 4.90 Å². The number of carbonyl (C=O) groups is 1. The zero-order valence-electron chi connectivity index (χ0n) is 12.3. The SMILES string of the molecule is CC(CC(=O)N1CC[C@@H](N)C1)c1ccccc1C(F)(F)F.Cl. The number of likely N-dealkylation sites (tertiary alicyclic amines) is 1. The Kier molecular flexibility index (Phi) is 6.26. The van der Waals surface area contributed by atoms with Crippen molar-refractivity contribution in [1.29, 1.82) is 0 Å². The number of halogens is 4. The highest BCUT2D eigenvalue weighted by molar-refractivity contribution is 5.85. The molecule has 0 radical (unpaired) electrons. The minimum Gasteiger partial charge on any atom is -0.341 e. The number of amides is 1. The summed E-state index contributed by atoms with van der Waals surface area (Å²) in [4.78, 5) is 13.8. The second-order valence-corrected chi connectivity index (χ2v) is 5.58. The minimum atomic E-state index is -4.40. The highest BCUT2D eigenvalue weighted by Crippen LogP contribution is 2.36. The number of nitrogens with zero attached hydrogens (tertiary/aromatic N) is 1. The van der Waals surface area contributed by atoms with Crippen LogP contribution in [-0.4, -0.2) is 29.9 Å². The Morgan fingerprint density at radius 2 is 2.05 bits per heavy atom. The molecule has 22 heavy (non-hydrogen) atoms. The molecule has 1 aliphatic rings. The first-order chi connectivity index (χ1) is 9.79. The molecule has 1 fully saturated rings. The molecular weight excluding hydrogens is 317 g/mol. The normalized spacial score (nSPS) is 19.7. The second kappa shape index (κ2) is 7.33. The third-order valence-electron chi connectivity index (χ3n) is 3.86. The largest absolute Gasteiger partial charge is 0.416 e. The van der Waals surface area contributed by atoms with E-state index in [9.17, 15) is 18.0 Å². The Hall–Kier alpha value is -1.27. The Labute approximate surface area is 134 Å². The van der Waals surface area contributed by atoms with E-state index in [1.165, 1.54) is 12.1 Å². The third kappa shape index (κ3) is 4.36. The molecule has 1 aromatic carbocycles. The molecule has 1 aromatic rings. The van der Waals surface area contributed by atoms with E-state index in [2.05, 4.69) is 0 Å². The molecule has 0 spiro atoms. The summed E-state index contributed by atoms with van der Waals surface area (Å²) in [7, 11) is 0. The maximum absolute atomic E-state index is 13.0. The van der Waals surface area contributed by atoms with Gasteiger partial charge in [0.1, 0.15) is 0 Å². The lowest BCUT2D eigenvalue weighted by Gasteiger charge is -2.21. The maximum Gasteiger partial charge on any atom is 0.416 e. The minimum absolute atomic E-state index is 0. The summed E-state index contributed by atoms with van der Waals surface area (Å²) in [6.45, 7) is 2.73. The maximum atomic E-state index is 13.0. The van der Waals surface area contributed by atoms with Gasteiger partial charge in [-0.3, -0.25) is 4.79 Å². The van der Waals surface area contributed by atoms with E-state index in [4.69, 9.17) is 5.73 Å². The van der Waals surface area contributed by atoms with Crippen LogP contribution in [0.5, 0.6) is 0 Å². The summed E-state index contributed by atoms with van der Waals surface area (Å²) >= 11 is 0. The molecule has 2 atom stereocenters. The Morgan fingerprint density at radius 1 is 1.41 bits per heavy atom. The van der Waals surface area contributed by atoms with Crippen LogP contribution in [-0.2, 0) is 11.0 Å². The van der Waals surface area contributed by atoms with Gasteiger partial charge >= 0.3 is 6.18 Å². The van der Waals surface area contributed by atoms with Crippen molar-refractivity contribution in [2.24, 2.45) is 5.73 Å². The molecule has 3 nitrogen and oxygen atoms in total. The molecule has 1 heterocycles. The first kappa shape index (κ1) is 18.8. The number of benzene rings is 1. The lowest BCUT2D eigenvalue weighted by molar-refractivity contribution is -0.139. The van der Waals surface area contributed by atoms with Crippen LogP contribution in [0.4, 0.5) is 13.2 Å². The fourth-order valence-electron chi connectivity index (χ4n) is 2.70. The van der Waals surface area contributed by atoms with Gasteiger partial charge in [0.2, 0.25) is 5.91 Å². The predicted molar refractivity (Wildman–Crippen MR) is 80.9 cm³/mol. The van der Waals surface area contributed by atoms with Crippen LogP contribution in [0.15, 0.2) is 24.3 Å². The van der Waals surface area contributed by atoms with Gasteiger partial charge in [0.25, 0.3) is 0 Å². The average Bonchev–Trinajstić information content (AvgIpc) is 2.84. The van der Waals surface area contributed by atoms with E-state index in [0.717, 1.165) is 12.5 Å². The molecular formula is C15H20ClF3N2O. The summed E-state index contributed by atoms with van der Waals surface area (Å²) in [5.74, 6) is -0.612. The molecule has 0 aromatic heterocycles. The molecule has 1 amide bonds. The highest BCUT2D eigenvalue weighted by Gasteiger charge is 2.35. The number of nitrogens with two attached hydrogens (primary N) is 1. The third-order valence-corrected chi connectivity index (χ3v) is 3.86. The van der Waals surface area contributed by atoms with Crippen LogP contribution in [0.2, 0.25) is 0 Å². The van der Waals surface area contributed by atoms with Gasteiger partial charge in [-0.25, -0.2) is 0 Å². The van der Waals surface area contributed by atoms with Crippen LogP contribution in [0.1, 0.15) is 36.8 Å². The van der Waals surface area contributed by atoms with E-state index < -0.39 is 17.7 Å². The lowest BCUT2D eigenvalue weighted by atomic mass is 9.92. The highest BCUT2D eigenvalue weighted by atomic mass is 35.5. The quantitative estimate of drug-likeness (QED) is 0.921. The average molecular weight is 337 g/mol. The van der Waals surface area contributed by atoms with Crippen molar-refractivity contribution in [3.8, 4) is 0 Å². The summed E-state index contributed by atoms with van der Waals surface area (Å²) in [5, 5.41) is 0. The number of rotatable bonds is 3. The van der Waals surface area contributed by atoms with E-state index in [1.807, 2.05) is 0 Å². The number of alkyl halides is 3. The van der Waals surface area contributed by atoms with Crippen molar-refractivity contribution >= 4 is 18.3 Å². The Bertz CT molecular complexity index is 522. The van der Waals surface area contributed by atoms with Gasteiger partial charge < -0.3 is 10.6 Å². The van der Waals surface area contributed by atoms with Crippen LogP contribution in [0.3, 0.4) is 0 Å². The van der Waals surface area contributed by atoms with Crippen molar-refractivity contribution in [2.75, 3.05) is 13.1 Å². The number of carbonyl (C=O) groups excluding carboxylic acids is 1. The van der Waals surface area contributed by atoms with Gasteiger partial charge in [0.05, 0.1) is 5.56 Å². The van der Waals surface area contributed by atoms with E-state index in [0.29, 0.717) is 13.1 Å². The zero-order chi connectivity index (χ0) is 15.6. The van der Waals surface area contributed by atoms with Gasteiger partial charge in [0.15, 0.2) is 0 Å². The van der Waals surface area contributed by atoms with Gasteiger partial charge in [-0.05, 0) is 24.0 Å². The van der Waals surface area contributed by atoms with Crippen LogP contribution in [0, 0.1) is 0 Å². The van der Waals surface area contributed by atoms with E-state index in [1.54, 1.807) is 17.9 Å². The van der Waals surface area contributed by atoms with Crippen LogP contribution < -0.4 is 5.73 Å². The smallest absolute Gasteiger partial charge is 0.341 e. The van der Waals surface area contributed by atoms with Crippen molar-refractivity contribution in [2.45, 2.75) is 37.9 Å². The molecule has 2 rings (SSSR count). The van der Waals surface area contributed by atoms with Crippen LogP contribution >= 0.6 is 12.4 Å². The van der Waals surface area contributed by atoms with Crippen LogP contribution in [0.25, 0.3) is 0 Å². The van der Waals surface area contributed by atoms with Crippen molar-refractivity contribution in [3.05, 3.63) is 35.4 Å². The van der Waals surface area contributed by atoms with Crippen molar-refractivity contribution < 1.29 is 18.0 Å². The Balaban J connectivity index is 0.00000242. The second-order valence-electron chi connectivity index (χ2n) is 5.58. The topological polar surface area (TPSA) is 46.3 Å². The Morgan fingerprint density at radius 3 is 2.59 bits per heavy atom. The molecule has 0 bridgehead atoms. The molecule has 7 heteroatoms. The fourth-order valence-corrected chi connectivity index (χ4v) is 2.70. The molecule has 0 saturated carbocycles. The molecule has 1 unspecified atom stereocenters. The van der Waals surface area contributed by atoms with Crippen molar-refractivity contribution in [3.63, 3.8) is 0 Å². The molecule has 0 aliphatic carbocycles. The van der Waals surface area contributed by atoms with Gasteiger partial charge in [-0.15, -0.1) is 12.4 Å². The number of hydrogen-bond donors (Lipinski definition) is 1. The molecule has 1 aliphatic heterocycles. The van der Waals surface area contributed by atoms with Gasteiger partial charge in [0, 0.05) is 25.6 Å². The molecule has 124 valence electrons. The summed E-state index contributed by atoms with van der Waals surface area (Å²) < 4.78 is 39.0. The zero-order valence-corrected chi connectivity index (χ0v) is 13.1. The first-order valence-corrected chi connectivity index (χ1v) is 6.98.